The van der Waals surface area contributed by atoms with E-state index in [9.17, 15) is 0 Å². The van der Waals surface area contributed by atoms with Crippen molar-refractivity contribution >= 4 is 23.5 Å². The van der Waals surface area contributed by atoms with Crippen LogP contribution in [0.5, 0.6) is 0 Å². The monoisotopic (exact) mass is 351 g/mol. The summed E-state index contributed by atoms with van der Waals surface area (Å²) >= 11 is 0. The number of nitrogens with zero attached hydrogens (tertiary/aromatic N) is 1. The molecule has 134 valence electrons. The topological polar surface area (TPSA) is 3.24 Å². The first kappa shape index (κ1) is 16.4. The fraction of sp³-hybridized carbons (Fsp3) is 0.231. The average Bonchev–Trinajstić information content (AvgIpc) is 3.07. The van der Waals surface area contributed by atoms with Crippen molar-refractivity contribution in [3.63, 3.8) is 0 Å². The molecule has 0 aromatic heterocycles. The fourth-order valence-electron chi connectivity index (χ4n) is 4.83. The van der Waals surface area contributed by atoms with Gasteiger partial charge in [-0.25, -0.2) is 0 Å². The van der Waals surface area contributed by atoms with Crippen molar-refractivity contribution in [1.29, 1.82) is 0 Å². The van der Waals surface area contributed by atoms with Crippen LogP contribution in [0, 0.1) is 0 Å². The molecule has 1 aliphatic heterocycles. The number of benzene rings is 3. The molecule has 2 atom stereocenters. The van der Waals surface area contributed by atoms with Gasteiger partial charge in [0.05, 0.1) is 0 Å². The molecule has 0 radical (unpaired) electrons. The van der Waals surface area contributed by atoms with Crippen LogP contribution in [-0.4, -0.2) is 6.04 Å². The van der Waals surface area contributed by atoms with Gasteiger partial charge >= 0.3 is 0 Å². The zero-order valence-corrected chi connectivity index (χ0v) is 15.6. The van der Waals surface area contributed by atoms with Crippen molar-refractivity contribution in [3.8, 4) is 0 Å². The standard InChI is InChI=1S/C26H25N/c1-3-9-20(10-4-1)15-16-21-17-18-26-24(19-21)23-13-7-8-14-25(23)27(26)22-11-5-2-6-12-22/h1-6,9-12,15-19,23,25H,7-8,13-14H2. The van der Waals surface area contributed by atoms with E-state index < -0.39 is 0 Å². The largest absolute Gasteiger partial charge is 0.338 e. The quantitative estimate of drug-likeness (QED) is 0.458. The van der Waals surface area contributed by atoms with Gasteiger partial charge in [-0.3, -0.25) is 0 Å². The molecule has 0 saturated heterocycles. The normalized spacial score (nSPS) is 21.3. The Balaban J connectivity index is 1.52. The van der Waals surface area contributed by atoms with E-state index in [1.807, 2.05) is 0 Å². The first-order valence-electron chi connectivity index (χ1n) is 10.1. The summed E-state index contributed by atoms with van der Waals surface area (Å²) in [4.78, 5) is 2.60. The summed E-state index contributed by atoms with van der Waals surface area (Å²) in [6.45, 7) is 0. The van der Waals surface area contributed by atoms with Crippen LogP contribution in [0.2, 0.25) is 0 Å². The highest BCUT2D eigenvalue weighted by molar-refractivity contribution is 5.77. The molecule has 1 saturated carbocycles. The Labute approximate surface area is 162 Å². The summed E-state index contributed by atoms with van der Waals surface area (Å²) in [7, 11) is 0. The van der Waals surface area contributed by atoms with Gasteiger partial charge in [0.15, 0.2) is 0 Å². The second kappa shape index (κ2) is 7.08. The van der Waals surface area contributed by atoms with Crippen molar-refractivity contribution in [2.24, 2.45) is 0 Å². The predicted molar refractivity (Wildman–Crippen MR) is 115 cm³/mol. The molecule has 0 spiro atoms. The highest BCUT2D eigenvalue weighted by Crippen LogP contribution is 2.51. The van der Waals surface area contributed by atoms with Gasteiger partial charge in [-0.1, -0.05) is 79.6 Å². The van der Waals surface area contributed by atoms with Gasteiger partial charge in [-0.2, -0.15) is 0 Å². The average molecular weight is 351 g/mol. The number of anilines is 2. The second-order valence-corrected chi connectivity index (χ2v) is 7.73. The third kappa shape index (κ3) is 3.08. The molecular weight excluding hydrogens is 326 g/mol. The molecule has 1 aliphatic carbocycles. The number of hydrogen-bond donors (Lipinski definition) is 0. The van der Waals surface area contributed by atoms with Crippen LogP contribution in [0.15, 0.2) is 78.9 Å². The third-order valence-electron chi connectivity index (χ3n) is 6.07. The van der Waals surface area contributed by atoms with Gasteiger partial charge in [-0.15, -0.1) is 0 Å². The van der Waals surface area contributed by atoms with E-state index >= 15 is 0 Å². The first-order chi connectivity index (χ1) is 13.4. The van der Waals surface area contributed by atoms with Gasteiger partial charge < -0.3 is 4.90 Å². The van der Waals surface area contributed by atoms with E-state index in [1.165, 1.54) is 48.2 Å². The summed E-state index contributed by atoms with van der Waals surface area (Å²) in [5.41, 5.74) is 6.84. The summed E-state index contributed by atoms with van der Waals surface area (Å²) in [5.74, 6) is 0.666. The fourth-order valence-corrected chi connectivity index (χ4v) is 4.83. The van der Waals surface area contributed by atoms with Crippen molar-refractivity contribution in [2.75, 3.05) is 4.90 Å². The van der Waals surface area contributed by atoms with Crippen molar-refractivity contribution < 1.29 is 0 Å². The maximum absolute atomic E-state index is 2.60. The minimum Gasteiger partial charge on any atom is -0.338 e. The predicted octanol–water partition coefficient (Wildman–Crippen LogP) is 7.03. The molecule has 3 aromatic carbocycles. The Morgan fingerprint density at radius 3 is 2.22 bits per heavy atom. The molecule has 1 fully saturated rings. The molecular formula is C26H25N. The number of hydrogen-bond acceptors (Lipinski definition) is 1. The lowest BCUT2D eigenvalue weighted by Gasteiger charge is -2.33. The van der Waals surface area contributed by atoms with E-state index in [-0.39, 0.29) is 0 Å². The molecule has 2 unspecified atom stereocenters. The lowest BCUT2D eigenvalue weighted by molar-refractivity contribution is 0.402. The van der Waals surface area contributed by atoms with Crippen LogP contribution in [0.1, 0.15) is 48.3 Å². The minimum atomic E-state index is 0.615. The van der Waals surface area contributed by atoms with Crippen molar-refractivity contribution in [2.45, 2.75) is 37.6 Å². The summed E-state index contributed by atoms with van der Waals surface area (Å²) < 4.78 is 0. The molecule has 1 nitrogen and oxygen atoms in total. The highest BCUT2D eigenvalue weighted by Gasteiger charge is 2.40. The smallest absolute Gasteiger partial charge is 0.0450 e. The van der Waals surface area contributed by atoms with Gasteiger partial charge in [0.2, 0.25) is 0 Å². The molecule has 0 amide bonds. The SMILES string of the molecule is C(=Cc1ccc2c(c1)C1CCCCC1N2c1ccccc1)c1ccccc1. The lowest BCUT2D eigenvalue weighted by atomic mass is 9.82. The maximum Gasteiger partial charge on any atom is 0.0450 e. The first-order valence-corrected chi connectivity index (χ1v) is 10.1. The van der Waals surface area contributed by atoms with Crippen LogP contribution in [-0.2, 0) is 0 Å². The van der Waals surface area contributed by atoms with Gasteiger partial charge in [0, 0.05) is 23.3 Å². The summed E-state index contributed by atoms with van der Waals surface area (Å²) in [6.07, 6.45) is 9.77. The van der Waals surface area contributed by atoms with Crippen molar-refractivity contribution in [3.05, 3.63) is 95.6 Å². The maximum atomic E-state index is 2.60. The van der Waals surface area contributed by atoms with E-state index in [4.69, 9.17) is 0 Å². The van der Waals surface area contributed by atoms with Gasteiger partial charge in [-0.05, 0) is 53.8 Å². The summed E-state index contributed by atoms with van der Waals surface area (Å²) in [6, 6.07) is 29.1. The Bertz CT molecular complexity index is 942. The van der Waals surface area contributed by atoms with E-state index in [2.05, 4.69) is 95.9 Å². The van der Waals surface area contributed by atoms with Crippen molar-refractivity contribution in [1.82, 2.24) is 0 Å². The zero-order chi connectivity index (χ0) is 18.1. The van der Waals surface area contributed by atoms with E-state index in [0.717, 1.165) is 0 Å². The lowest BCUT2D eigenvalue weighted by Crippen LogP contribution is -2.32. The van der Waals surface area contributed by atoms with E-state index in [0.29, 0.717) is 12.0 Å². The number of fused-ring (bicyclic) bond motifs is 3. The molecule has 1 heteroatoms. The van der Waals surface area contributed by atoms with Crippen LogP contribution in [0.4, 0.5) is 11.4 Å². The molecule has 3 aromatic rings. The van der Waals surface area contributed by atoms with Crippen LogP contribution in [0.25, 0.3) is 12.2 Å². The molecule has 0 N–H and O–H groups in total. The highest BCUT2D eigenvalue weighted by atomic mass is 15.2. The summed E-state index contributed by atoms with van der Waals surface area (Å²) in [5, 5.41) is 0. The van der Waals surface area contributed by atoms with Gasteiger partial charge in [0.25, 0.3) is 0 Å². The Morgan fingerprint density at radius 1 is 0.704 bits per heavy atom. The molecule has 2 aliphatic rings. The number of rotatable bonds is 3. The van der Waals surface area contributed by atoms with E-state index in [1.54, 1.807) is 5.56 Å². The third-order valence-corrected chi connectivity index (χ3v) is 6.07. The number of para-hydroxylation sites is 1. The van der Waals surface area contributed by atoms with Crippen LogP contribution < -0.4 is 4.90 Å². The second-order valence-electron chi connectivity index (χ2n) is 7.73. The Hall–Kier alpha value is -2.80. The zero-order valence-electron chi connectivity index (χ0n) is 15.6. The molecule has 0 bridgehead atoms. The Morgan fingerprint density at radius 2 is 1.41 bits per heavy atom. The molecule has 1 heterocycles. The Kier molecular flexibility index (Phi) is 4.29. The molecule has 5 rings (SSSR count). The van der Waals surface area contributed by atoms with Crippen LogP contribution in [0.3, 0.4) is 0 Å². The van der Waals surface area contributed by atoms with Crippen LogP contribution >= 0.6 is 0 Å². The van der Waals surface area contributed by atoms with Gasteiger partial charge in [0.1, 0.15) is 0 Å². The minimum absolute atomic E-state index is 0.615. The molecule has 27 heavy (non-hydrogen) atoms.